The summed E-state index contributed by atoms with van der Waals surface area (Å²) in [7, 11) is 0. The number of ketones is 1. The van der Waals surface area contributed by atoms with Crippen LogP contribution in [0.1, 0.15) is 39.2 Å². The predicted octanol–water partition coefficient (Wildman–Crippen LogP) is 3.94. The van der Waals surface area contributed by atoms with E-state index >= 15 is 0 Å². The fraction of sp³-hybridized carbons (Fsp3) is 0.421. The van der Waals surface area contributed by atoms with E-state index in [1.165, 1.54) is 5.57 Å². The van der Waals surface area contributed by atoms with Gasteiger partial charge in [-0.1, -0.05) is 39.0 Å². The molecule has 2 unspecified atom stereocenters. The van der Waals surface area contributed by atoms with E-state index in [9.17, 15) is 10.1 Å². The molecule has 0 aliphatic heterocycles. The van der Waals surface area contributed by atoms with E-state index in [1.807, 2.05) is 32.2 Å². The van der Waals surface area contributed by atoms with Crippen LogP contribution in [0.4, 0.5) is 0 Å². The second-order valence-corrected chi connectivity index (χ2v) is 7.16. The first-order valence-corrected chi connectivity index (χ1v) is 7.66. The Kier molecular flexibility index (Phi) is 3.29. The quantitative estimate of drug-likeness (QED) is 0.787. The summed E-state index contributed by atoms with van der Waals surface area (Å²) in [6.07, 6.45) is 9.50. The number of hydrogen-bond donors (Lipinski definition) is 0. The molecule has 1 heterocycles. The van der Waals surface area contributed by atoms with Crippen LogP contribution >= 0.6 is 0 Å². The van der Waals surface area contributed by atoms with Gasteiger partial charge in [0.1, 0.15) is 6.07 Å². The van der Waals surface area contributed by atoms with Crippen LogP contribution in [-0.4, -0.2) is 10.8 Å². The van der Waals surface area contributed by atoms with Crippen LogP contribution in [0.15, 0.2) is 42.3 Å². The van der Waals surface area contributed by atoms with Gasteiger partial charge in [-0.3, -0.25) is 9.78 Å². The lowest BCUT2D eigenvalue weighted by atomic mass is 9.52. The van der Waals surface area contributed by atoms with E-state index in [2.05, 4.69) is 30.1 Å². The van der Waals surface area contributed by atoms with Gasteiger partial charge in [0, 0.05) is 17.8 Å². The SMILES string of the molecule is CC12C=C(C#N)C(=O)C(C)(C)C1CC=C(c1cccnc1)C2. The topological polar surface area (TPSA) is 53.8 Å². The number of rotatable bonds is 1. The van der Waals surface area contributed by atoms with Gasteiger partial charge in [-0.25, -0.2) is 0 Å². The summed E-state index contributed by atoms with van der Waals surface area (Å²) in [5.41, 5.74) is 2.04. The van der Waals surface area contributed by atoms with Crippen molar-refractivity contribution in [3.63, 3.8) is 0 Å². The normalized spacial score (nSPS) is 29.9. The molecular formula is C19H20N2O. The molecule has 0 radical (unpaired) electrons. The highest BCUT2D eigenvalue weighted by molar-refractivity contribution is 6.04. The first kappa shape index (κ1) is 14.7. The average molecular weight is 292 g/mol. The summed E-state index contributed by atoms with van der Waals surface area (Å²) in [5.74, 6) is 0.209. The third kappa shape index (κ3) is 2.11. The Morgan fingerprint density at radius 3 is 2.77 bits per heavy atom. The minimum Gasteiger partial charge on any atom is -0.293 e. The molecule has 2 atom stereocenters. The molecule has 0 saturated carbocycles. The van der Waals surface area contributed by atoms with E-state index in [4.69, 9.17) is 0 Å². The van der Waals surface area contributed by atoms with Crippen molar-refractivity contribution in [2.45, 2.75) is 33.6 Å². The first-order chi connectivity index (χ1) is 10.4. The molecule has 3 rings (SSSR count). The fourth-order valence-corrected chi connectivity index (χ4v) is 4.16. The summed E-state index contributed by atoms with van der Waals surface area (Å²) in [6.45, 7) is 6.13. The molecule has 22 heavy (non-hydrogen) atoms. The van der Waals surface area contributed by atoms with Gasteiger partial charge in [0.05, 0.1) is 5.57 Å². The standard InChI is InChI=1S/C19H20N2O/c1-18(2)16-7-6-13(14-5-4-8-21-12-14)9-19(16,3)10-15(11-20)17(18)22/h4-6,8,10,12,16H,7,9H2,1-3H3. The third-order valence-electron chi connectivity index (χ3n) is 5.30. The van der Waals surface area contributed by atoms with Crippen molar-refractivity contribution >= 4 is 11.4 Å². The number of carbonyl (C=O) groups is 1. The Morgan fingerprint density at radius 2 is 2.14 bits per heavy atom. The third-order valence-corrected chi connectivity index (χ3v) is 5.30. The van der Waals surface area contributed by atoms with E-state index < -0.39 is 5.41 Å². The van der Waals surface area contributed by atoms with Crippen LogP contribution in [0.25, 0.3) is 5.57 Å². The van der Waals surface area contributed by atoms with Crippen LogP contribution in [0.2, 0.25) is 0 Å². The van der Waals surface area contributed by atoms with Crippen LogP contribution in [0.5, 0.6) is 0 Å². The Balaban J connectivity index is 2.06. The molecule has 0 fully saturated rings. The molecule has 1 aromatic heterocycles. The molecule has 0 N–H and O–H groups in total. The molecular weight excluding hydrogens is 272 g/mol. The van der Waals surface area contributed by atoms with Crippen LogP contribution in [0.3, 0.4) is 0 Å². The minimum absolute atomic E-state index is 0.0179. The maximum atomic E-state index is 12.5. The molecule has 3 nitrogen and oxygen atoms in total. The minimum atomic E-state index is -0.495. The Bertz CT molecular complexity index is 722. The molecule has 2 aliphatic carbocycles. The highest BCUT2D eigenvalue weighted by Crippen LogP contribution is 2.55. The maximum Gasteiger partial charge on any atom is 0.178 e. The van der Waals surface area contributed by atoms with E-state index in [1.54, 1.807) is 6.20 Å². The molecule has 0 saturated heterocycles. The number of nitrogens with zero attached hydrogens (tertiary/aromatic N) is 2. The van der Waals surface area contributed by atoms with Gasteiger partial charge in [0.15, 0.2) is 5.78 Å². The molecule has 0 amide bonds. The zero-order valence-electron chi connectivity index (χ0n) is 13.3. The number of hydrogen-bond acceptors (Lipinski definition) is 3. The van der Waals surface area contributed by atoms with E-state index in [-0.39, 0.29) is 17.1 Å². The lowest BCUT2D eigenvalue weighted by Crippen LogP contribution is -2.47. The Morgan fingerprint density at radius 1 is 1.36 bits per heavy atom. The van der Waals surface area contributed by atoms with Gasteiger partial charge in [-0.2, -0.15) is 5.26 Å². The van der Waals surface area contributed by atoms with Crippen molar-refractivity contribution in [2.75, 3.05) is 0 Å². The lowest BCUT2D eigenvalue weighted by molar-refractivity contribution is -0.129. The van der Waals surface area contributed by atoms with Gasteiger partial charge < -0.3 is 0 Å². The van der Waals surface area contributed by atoms with Crippen molar-refractivity contribution < 1.29 is 4.79 Å². The van der Waals surface area contributed by atoms with Crippen LogP contribution in [-0.2, 0) is 4.79 Å². The smallest absolute Gasteiger partial charge is 0.178 e. The van der Waals surface area contributed by atoms with Gasteiger partial charge in [-0.15, -0.1) is 0 Å². The summed E-state index contributed by atoms with van der Waals surface area (Å²) in [4.78, 5) is 16.7. The van der Waals surface area contributed by atoms with Crippen LogP contribution < -0.4 is 0 Å². The van der Waals surface area contributed by atoms with Crippen molar-refractivity contribution in [1.82, 2.24) is 4.98 Å². The number of Topliss-reactive ketones (excluding diaryl/α,β-unsaturated/α-hetero) is 1. The molecule has 3 heteroatoms. The van der Waals surface area contributed by atoms with Crippen molar-refractivity contribution in [1.29, 1.82) is 5.26 Å². The maximum absolute atomic E-state index is 12.5. The number of aromatic nitrogens is 1. The lowest BCUT2D eigenvalue weighted by Gasteiger charge is -2.49. The second kappa shape index (κ2) is 4.91. The molecule has 112 valence electrons. The average Bonchev–Trinajstić information content (AvgIpc) is 2.51. The predicted molar refractivity (Wildman–Crippen MR) is 85.5 cm³/mol. The van der Waals surface area contributed by atoms with Crippen molar-refractivity contribution in [3.05, 3.63) is 47.8 Å². The van der Waals surface area contributed by atoms with Gasteiger partial charge >= 0.3 is 0 Å². The summed E-state index contributed by atoms with van der Waals surface area (Å²) < 4.78 is 0. The number of nitriles is 1. The molecule has 1 aromatic rings. The Hall–Kier alpha value is -2.21. The number of allylic oxidation sites excluding steroid dienone is 4. The highest BCUT2D eigenvalue weighted by atomic mass is 16.1. The zero-order valence-corrected chi connectivity index (χ0v) is 13.3. The monoisotopic (exact) mass is 292 g/mol. The number of fused-ring (bicyclic) bond motifs is 1. The fourth-order valence-electron chi connectivity index (χ4n) is 4.16. The summed E-state index contributed by atoms with van der Waals surface area (Å²) in [6, 6.07) is 6.11. The first-order valence-electron chi connectivity index (χ1n) is 7.66. The summed E-state index contributed by atoms with van der Waals surface area (Å²) >= 11 is 0. The van der Waals surface area contributed by atoms with Gasteiger partial charge in [-0.05, 0) is 41.4 Å². The number of carbonyl (C=O) groups excluding carboxylic acids is 1. The van der Waals surface area contributed by atoms with E-state index in [0.717, 1.165) is 18.4 Å². The zero-order chi connectivity index (χ0) is 16.0. The van der Waals surface area contributed by atoms with Crippen molar-refractivity contribution in [3.8, 4) is 6.07 Å². The second-order valence-electron chi connectivity index (χ2n) is 7.16. The van der Waals surface area contributed by atoms with E-state index in [0.29, 0.717) is 5.57 Å². The molecule has 0 spiro atoms. The molecule has 0 bridgehead atoms. The highest BCUT2D eigenvalue weighted by Gasteiger charge is 2.52. The van der Waals surface area contributed by atoms with Crippen LogP contribution in [0, 0.1) is 28.1 Å². The van der Waals surface area contributed by atoms with Gasteiger partial charge in [0.25, 0.3) is 0 Å². The van der Waals surface area contributed by atoms with Crippen molar-refractivity contribution in [2.24, 2.45) is 16.7 Å². The summed E-state index contributed by atoms with van der Waals surface area (Å²) in [5, 5.41) is 9.32. The number of pyridine rings is 1. The van der Waals surface area contributed by atoms with Gasteiger partial charge in [0.2, 0.25) is 0 Å². The molecule has 2 aliphatic rings. The largest absolute Gasteiger partial charge is 0.293 e. The molecule has 0 aromatic carbocycles. The Labute approximate surface area is 131 Å².